The highest BCUT2D eigenvalue weighted by Gasteiger charge is 2.34. The number of sulfonamides is 1. The van der Waals surface area contributed by atoms with E-state index in [1.807, 2.05) is 12.1 Å². The van der Waals surface area contributed by atoms with E-state index in [4.69, 9.17) is 0 Å². The van der Waals surface area contributed by atoms with Crippen LogP contribution >= 0.6 is 0 Å². The topological polar surface area (TPSA) is 108 Å². The number of benzene rings is 1. The van der Waals surface area contributed by atoms with Crippen molar-refractivity contribution in [3.63, 3.8) is 0 Å². The van der Waals surface area contributed by atoms with Crippen LogP contribution in [0.3, 0.4) is 0 Å². The molecule has 2 heterocycles. The summed E-state index contributed by atoms with van der Waals surface area (Å²) in [6.45, 7) is 4.18. The third-order valence-electron chi connectivity index (χ3n) is 4.49. The van der Waals surface area contributed by atoms with E-state index in [9.17, 15) is 18.0 Å². The second kappa shape index (κ2) is 8.71. The Balaban J connectivity index is 1.60. The number of hydrogen-bond donors (Lipinski definition) is 2. The number of nitrogens with zero attached hydrogens (tertiary/aromatic N) is 2. The minimum atomic E-state index is -3.58. The normalized spacial score (nSPS) is 17.0. The molecule has 9 heteroatoms. The molecule has 29 heavy (non-hydrogen) atoms. The molecule has 1 aromatic carbocycles. The Kier molecular flexibility index (Phi) is 6.29. The van der Waals surface area contributed by atoms with Gasteiger partial charge in [0.15, 0.2) is 0 Å². The number of rotatable bonds is 7. The summed E-state index contributed by atoms with van der Waals surface area (Å²) in [5, 5.41) is 2.76. The maximum atomic E-state index is 12.5. The molecule has 1 aliphatic rings. The molecule has 154 valence electrons. The first-order valence-electron chi connectivity index (χ1n) is 9.35. The van der Waals surface area contributed by atoms with Crippen LogP contribution in [0.5, 0.6) is 0 Å². The van der Waals surface area contributed by atoms with Crippen LogP contribution in [0.15, 0.2) is 53.6 Å². The van der Waals surface area contributed by atoms with Gasteiger partial charge in [0.1, 0.15) is 0 Å². The van der Waals surface area contributed by atoms with E-state index in [0.717, 1.165) is 5.69 Å². The summed E-state index contributed by atoms with van der Waals surface area (Å²) in [4.78, 5) is 30.7. The first kappa shape index (κ1) is 20.9. The van der Waals surface area contributed by atoms with Gasteiger partial charge in [-0.25, -0.2) is 13.1 Å². The van der Waals surface area contributed by atoms with Crippen molar-refractivity contribution in [3.05, 3.63) is 54.4 Å². The summed E-state index contributed by atoms with van der Waals surface area (Å²) in [5.41, 5.74) is 1.25. The van der Waals surface area contributed by atoms with Crippen molar-refractivity contribution in [1.82, 2.24) is 14.6 Å². The smallest absolute Gasteiger partial charge is 0.240 e. The zero-order valence-electron chi connectivity index (χ0n) is 16.3. The lowest BCUT2D eigenvalue weighted by atomic mass is 10.1. The molecule has 8 nitrogen and oxygen atoms in total. The van der Waals surface area contributed by atoms with Crippen LogP contribution in [0.4, 0.5) is 5.69 Å². The molecular formula is C20H24N4O4S. The lowest BCUT2D eigenvalue weighted by Crippen LogP contribution is -2.30. The van der Waals surface area contributed by atoms with Gasteiger partial charge in [0.25, 0.3) is 0 Å². The molecule has 1 fully saturated rings. The summed E-state index contributed by atoms with van der Waals surface area (Å²) in [7, 11) is -3.58. The van der Waals surface area contributed by atoms with Crippen LogP contribution in [0.2, 0.25) is 0 Å². The van der Waals surface area contributed by atoms with Crippen LogP contribution in [-0.2, 0) is 26.2 Å². The van der Waals surface area contributed by atoms with Gasteiger partial charge in [-0.3, -0.25) is 14.6 Å². The number of anilines is 1. The Labute approximate surface area is 170 Å². The minimum absolute atomic E-state index is 0.0861. The van der Waals surface area contributed by atoms with Gasteiger partial charge < -0.3 is 10.2 Å². The molecule has 2 amide bonds. The van der Waals surface area contributed by atoms with Gasteiger partial charge in [-0.1, -0.05) is 6.07 Å². The fourth-order valence-electron chi connectivity index (χ4n) is 3.13. The number of carbonyl (C=O) groups is 2. The predicted molar refractivity (Wildman–Crippen MR) is 108 cm³/mol. The van der Waals surface area contributed by atoms with Crippen LogP contribution in [0.1, 0.15) is 26.0 Å². The van der Waals surface area contributed by atoms with E-state index >= 15 is 0 Å². The Hall–Kier alpha value is -2.78. The van der Waals surface area contributed by atoms with Gasteiger partial charge in [0, 0.05) is 30.9 Å². The predicted octanol–water partition coefficient (Wildman–Crippen LogP) is 1.76. The number of pyridine rings is 1. The molecule has 1 saturated heterocycles. The molecule has 0 bridgehead atoms. The summed E-state index contributed by atoms with van der Waals surface area (Å²) < 4.78 is 26.8. The Morgan fingerprint density at radius 1 is 1.21 bits per heavy atom. The summed E-state index contributed by atoms with van der Waals surface area (Å²) in [6, 6.07) is 11.2. The van der Waals surface area contributed by atoms with Gasteiger partial charge >= 0.3 is 0 Å². The quantitative estimate of drug-likeness (QED) is 0.715. The highest BCUT2D eigenvalue weighted by molar-refractivity contribution is 7.89. The molecule has 0 aliphatic carbocycles. The highest BCUT2D eigenvalue weighted by Crippen LogP contribution is 2.22. The van der Waals surface area contributed by atoms with E-state index < -0.39 is 15.9 Å². The summed E-state index contributed by atoms with van der Waals surface area (Å²) >= 11 is 0. The second-order valence-electron chi connectivity index (χ2n) is 7.29. The number of hydrogen-bond acceptors (Lipinski definition) is 5. The highest BCUT2D eigenvalue weighted by atomic mass is 32.2. The van der Waals surface area contributed by atoms with Crippen LogP contribution < -0.4 is 10.0 Å². The van der Waals surface area contributed by atoms with Crippen molar-refractivity contribution < 1.29 is 18.0 Å². The van der Waals surface area contributed by atoms with Crippen molar-refractivity contribution >= 4 is 27.5 Å². The third-order valence-corrected chi connectivity index (χ3v) is 6.16. The Morgan fingerprint density at radius 3 is 2.55 bits per heavy atom. The largest absolute Gasteiger partial charge is 0.336 e. The zero-order valence-corrected chi connectivity index (χ0v) is 17.1. The minimum Gasteiger partial charge on any atom is -0.336 e. The fourth-order valence-corrected chi connectivity index (χ4v) is 4.38. The standard InChI is InChI=1S/C20H24N4O4S/c1-14(2)23-29(27,28)18-8-6-16(7-9-18)22-20(26)15-11-19(25)24(12-15)13-17-5-3-4-10-21-17/h3-10,14-15,23H,11-13H2,1-2H3,(H,22,26). The zero-order chi connectivity index (χ0) is 21.0. The van der Waals surface area contributed by atoms with E-state index in [1.165, 1.54) is 24.3 Å². The number of aromatic nitrogens is 1. The average molecular weight is 417 g/mol. The monoisotopic (exact) mass is 416 g/mol. The van der Waals surface area contributed by atoms with Crippen molar-refractivity contribution in [2.45, 2.75) is 37.8 Å². The van der Waals surface area contributed by atoms with E-state index in [0.29, 0.717) is 18.8 Å². The number of amides is 2. The molecule has 0 saturated carbocycles. The molecule has 0 spiro atoms. The molecule has 3 rings (SSSR count). The lowest BCUT2D eigenvalue weighted by Gasteiger charge is -2.16. The molecule has 2 N–H and O–H groups in total. The van der Waals surface area contributed by atoms with Gasteiger partial charge in [-0.2, -0.15) is 0 Å². The summed E-state index contributed by atoms with van der Waals surface area (Å²) in [6.07, 6.45) is 1.81. The lowest BCUT2D eigenvalue weighted by molar-refractivity contribution is -0.128. The molecule has 1 unspecified atom stereocenters. The van der Waals surface area contributed by atoms with Crippen LogP contribution in [0, 0.1) is 5.92 Å². The molecular weight excluding hydrogens is 392 g/mol. The Morgan fingerprint density at radius 2 is 1.93 bits per heavy atom. The van der Waals surface area contributed by atoms with Crippen molar-refractivity contribution in [2.24, 2.45) is 5.92 Å². The van der Waals surface area contributed by atoms with Crippen molar-refractivity contribution in [3.8, 4) is 0 Å². The SMILES string of the molecule is CC(C)NS(=O)(=O)c1ccc(NC(=O)C2CC(=O)N(Cc3ccccn3)C2)cc1. The maximum Gasteiger partial charge on any atom is 0.240 e. The van der Waals surface area contributed by atoms with E-state index in [2.05, 4.69) is 15.0 Å². The van der Waals surface area contributed by atoms with Crippen LogP contribution in [0.25, 0.3) is 0 Å². The van der Waals surface area contributed by atoms with E-state index in [1.54, 1.807) is 31.0 Å². The number of likely N-dealkylation sites (tertiary alicyclic amines) is 1. The Bertz CT molecular complexity index is 975. The number of carbonyl (C=O) groups excluding carboxylic acids is 2. The first-order chi connectivity index (χ1) is 13.7. The van der Waals surface area contributed by atoms with Crippen molar-refractivity contribution in [1.29, 1.82) is 0 Å². The average Bonchev–Trinajstić information content (AvgIpc) is 3.03. The van der Waals surface area contributed by atoms with Gasteiger partial charge in [-0.05, 0) is 50.2 Å². The maximum absolute atomic E-state index is 12.5. The fraction of sp³-hybridized carbons (Fsp3) is 0.350. The second-order valence-corrected chi connectivity index (χ2v) is 9.00. The van der Waals surface area contributed by atoms with Gasteiger partial charge in [0.2, 0.25) is 21.8 Å². The third kappa shape index (κ3) is 5.39. The number of nitrogens with one attached hydrogen (secondary N) is 2. The molecule has 1 aliphatic heterocycles. The van der Waals surface area contributed by atoms with Gasteiger partial charge in [-0.15, -0.1) is 0 Å². The van der Waals surface area contributed by atoms with Crippen LogP contribution in [-0.4, -0.2) is 42.7 Å². The first-order valence-corrected chi connectivity index (χ1v) is 10.8. The van der Waals surface area contributed by atoms with E-state index in [-0.39, 0.29) is 29.2 Å². The molecule has 1 atom stereocenters. The van der Waals surface area contributed by atoms with Crippen molar-refractivity contribution in [2.75, 3.05) is 11.9 Å². The molecule has 0 radical (unpaired) electrons. The summed E-state index contributed by atoms with van der Waals surface area (Å²) in [5.74, 6) is -0.813. The molecule has 2 aromatic rings. The molecule has 1 aromatic heterocycles. The van der Waals surface area contributed by atoms with Gasteiger partial charge in [0.05, 0.1) is 23.1 Å².